The highest BCUT2D eigenvalue weighted by atomic mass is 16.5. The number of rotatable bonds is 4. The predicted molar refractivity (Wildman–Crippen MR) is 71.6 cm³/mol. The van der Waals surface area contributed by atoms with Gasteiger partial charge in [0.05, 0.1) is 6.61 Å². The topological polar surface area (TPSA) is 21.3 Å². The first kappa shape index (κ1) is 12.4. The minimum absolute atomic E-state index is 0.743. The molecule has 0 saturated carbocycles. The fraction of sp³-hybridized carbons (Fsp3) is 0.600. The van der Waals surface area contributed by atoms with E-state index in [2.05, 4.69) is 30.4 Å². The van der Waals surface area contributed by atoms with E-state index in [1.165, 1.54) is 43.5 Å². The third-order valence-corrected chi connectivity index (χ3v) is 3.46. The normalized spacial score (nSPS) is 20.2. The van der Waals surface area contributed by atoms with Gasteiger partial charge >= 0.3 is 0 Å². The van der Waals surface area contributed by atoms with Crippen LogP contribution in [0.1, 0.15) is 30.9 Å². The Morgan fingerprint density at radius 2 is 2.29 bits per heavy atom. The fourth-order valence-corrected chi connectivity index (χ4v) is 2.59. The van der Waals surface area contributed by atoms with E-state index in [9.17, 15) is 0 Å². The standard InChI is InChI=1S/C15H23NO/c1-3-17-15-7-6-13(9-12(15)2)10-14-5-4-8-16-11-14/h6-7,9,14,16H,3-5,8,10-11H2,1-2H3. The molecule has 1 heterocycles. The van der Waals surface area contributed by atoms with Crippen molar-refractivity contribution in [2.45, 2.75) is 33.1 Å². The van der Waals surface area contributed by atoms with Crippen LogP contribution < -0.4 is 10.1 Å². The molecule has 1 aliphatic rings. The molecule has 2 nitrogen and oxygen atoms in total. The van der Waals surface area contributed by atoms with E-state index in [0.29, 0.717) is 0 Å². The second-order valence-electron chi connectivity index (χ2n) is 4.95. The van der Waals surface area contributed by atoms with Crippen molar-refractivity contribution in [2.24, 2.45) is 5.92 Å². The van der Waals surface area contributed by atoms with E-state index in [4.69, 9.17) is 4.74 Å². The van der Waals surface area contributed by atoms with Gasteiger partial charge in [-0.3, -0.25) is 0 Å². The van der Waals surface area contributed by atoms with Crippen LogP contribution >= 0.6 is 0 Å². The Balaban J connectivity index is 1.98. The van der Waals surface area contributed by atoms with Crippen molar-refractivity contribution in [3.05, 3.63) is 29.3 Å². The van der Waals surface area contributed by atoms with E-state index in [1.807, 2.05) is 6.92 Å². The number of aryl methyl sites for hydroxylation is 1. The number of piperidine rings is 1. The first-order chi connectivity index (χ1) is 8.29. The van der Waals surface area contributed by atoms with Gasteiger partial charge in [-0.15, -0.1) is 0 Å². The van der Waals surface area contributed by atoms with Crippen molar-refractivity contribution in [3.8, 4) is 5.75 Å². The number of hydrogen-bond acceptors (Lipinski definition) is 2. The van der Waals surface area contributed by atoms with Crippen molar-refractivity contribution in [3.63, 3.8) is 0 Å². The molecule has 1 fully saturated rings. The summed E-state index contributed by atoms with van der Waals surface area (Å²) in [6.07, 6.45) is 3.88. The SMILES string of the molecule is CCOc1ccc(CC2CCCNC2)cc1C. The van der Waals surface area contributed by atoms with Gasteiger partial charge in [-0.2, -0.15) is 0 Å². The van der Waals surface area contributed by atoms with Crippen LogP contribution in [-0.4, -0.2) is 19.7 Å². The summed E-state index contributed by atoms with van der Waals surface area (Å²) in [6, 6.07) is 6.61. The van der Waals surface area contributed by atoms with Crippen molar-refractivity contribution < 1.29 is 4.74 Å². The molecule has 0 spiro atoms. The maximum absolute atomic E-state index is 5.57. The molecule has 0 bridgehead atoms. The molecule has 0 amide bonds. The summed E-state index contributed by atoms with van der Waals surface area (Å²) in [4.78, 5) is 0. The van der Waals surface area contributed by atoms with Gasteiger partial charge in [0.25, 0.3) is 0 Å². The van der Waals surface area contributed by atoms with Gasteiger partial charge in [0.15, 0.2) is 0 Å². The van der Waals surface area contributed by atoms with E-state index >= 15 is 0 Å². The second kappa shape index (κ2) is 6.06. The van der Waals surface area contributed by atoms with Gasteiger partial charge in [-0.25, -0.2) is 0 Å². The van der Waals surface area contributed by atoms with Gasteiger partial charge in [0, 0.05) is 0 Å². The summed E-state index contributed by atoms with van der Waals surface area (Å²) in [5, 5.41) is 3.48. The minimum atomic E-state index is 0.743. The average Bonchev–Trinajstić information content (AvgIpc) is 2.34. The third kappa shape index (κ3) is 3.47. The first-order valence-corrected chi connectivity index (χ1v) is 6.72. The Kier molecular flexibility index (Phi) is 4.43. The lowest BCUT2D eigenvalue weighted by molar-refractivity contribution is 0.337. The van der Waals surface area contributed by atoms with Crippen LogP contribution in [0.2, 0.25) is 0 Å². The lowest BCUT2D eigenvalue weighted by atomic mass is 9.92. The Labute approximate surface area is 104 Å². The summed E-state index contributed by atoms with van der Waals surface area (Å²) in [7, 11) is 0. The van der Waals surface area contributed by atoms with Crippen molar-refractivity contribution in [1.29, 1.82) is 0 Å². The summed E-state index contributed by atoms with van der Waals surface area (Å²) < 4.78 is 5.57. The number of nitrogens with one attached hydrogen (secondary N) is 1. The largest absolute Gasteiger partial charge is 0.494 e. The molecule has 0 aromatic heterocycles. The average molecular weight is 233 g/mol. The van der Waals surface area contributed by atoms with E-state index in [1.54, 1.807) is 0 Å². The van der Waals surface area contributed by atoms with Crippen LogP contribution in [0.15, 0.2) is 18.2 Å². The van der Waals surface area contributed by atoms with Gasteiger partial charge in [-0.05, 0) is 69.3 Å². The maximum atomic E-state index is 5.57. The van der Waals surface area contributed by atoms with Crippen LogP contribution in [0.25, 0.3) is 0 Å². The van der Waals surface area contributed by atoms with Gasteiger partial charge in [-0.1, -0.05) is 12.1 Å². The quantitative estimate of drug-likeness (QED) is 0.863. The molecule has 0 radical (unpaired) electrons. The second-order valence-corrected chi connectivity index (χ2v) is 4.95. The molecule has 1 atom stereocenters. The van der Waals surface area contributed by atoms with Gasteiger partial charge in [0.2, 0.25) is 0 Å². The third-order valence-electron chi connectivity index (χ3n) is 3.46. The molecule has 2 heteroatoms. The molecular weight excluding hydrogens is 210 g/mol. The van der Waals surface area contributed by atoms with Crippen molar-refractivity contribution >= 4 is 0 Å². The van der Waals surface area contributed by atoms with Gasteiger partial charge < -0.3 is 10.1 Å². The highest BCUT2D eigenvalue weighted by Gasteiger charge is 2.13. The van der Waals surface area contributed by atoms with Crippen LogP contribution in [-0.2, 0) is 6.42 Å². The molecule has 0 aliphatic carbocycles. The van der Waals surface area contributed by atoms with Crippen LogP contribution in [0.4, 0.5) is 0 Å². The first-order valence-electron chi connectivity index (χ1n) is 6.72. The van der Waals surface area contributed by atoms with Crippen molar-refractivity contribution in [2.75, 3.05) is 19.7 Å². The molecule has 1 aliphatic heterocycles. The summed E-state index contributed by atoms with van der Waals surface area (Å²) in [5.74, 6) is 1.83. The highest BCUT2D eigenvalue weighted by Crippen LogP contribution is 2.22. The molecule has 94 valence electrons. The molecule has 1 unspecified atom stereocenters. The van der Waals surface area contributed by atoms with Crippen LogP contribution in [0.5, 0.6) is 5.75 Å². The van der Waals surface area contributed by atoms with Crippen molar-refractivity contribution in [1.82, 2.24) is 5.32 Å². The smallest absolute Gasteiger partial charge is 0.122 e. The lowest BCUT2D eigenvalue weighted by Gasteiger charge is -2.23. The zero-order valence-electron chi connectivity index (χ0n) is 11.0. The van der Waals surface area contributed by atoms with Crippen LogP contribution in [0, 0.1) is 12.8 Å². The zero-order valence-corrected chi connectivity index (χ0v) is 11.0. The summed E-state index contributed by atoms with van der Waals surface area (Å²) in [5.41, 5.74) is 2.70. The molecular formula is C15H23NO. The monoisotopic (exact) mass is 233 g/mol. The van der Waals surface area contributed by atoms with E-state index < -0.39 is 0 Å². The number of benzene rings is 1. The molecule has 1 aromatic rings. The summed E-state index contributed by atoms with van der Waals surface area (Å²) in [6.45, 7) is 7.27. The Hall–Kier alpha value is -1.02. The maximum Gasteiger partial charge on any atom is 0.122 e. The Bertz CT molecular complexity index is 356. The number of ether oxygens (including phenoxy) is 1. The van der Waals surface area contributed by atoms with Gasteiger partial charge in [0.1, 0.15) is 5.75 Å². The van der Waals surface area contributed by atoms with E-state index in [0.717, 1.165) is 18.3 Å². The molecule has 2 rings (SSSR count). The Morgan fingerprint density at radius 1 is 1.41 bits per heavy atom. The summed E-state index contributed by atoms with van der Waals surface area (Å²) >= 11 is 0. The number of hydrogen-bond donors (Lipinski definition) is 1. The van der Waals surface area contributed by atoms with Crippen LogP contribution in [0.3, 0.4) is 0 Å². The lowest BCUT2D eigenvalue weighted by Crippen LogP contribution is -2.30. The van der Waals surface area contributed by atoms with E-state index in [-0.39, 0.29) is 0 Å². The molecule has 1 saturated heterocycles. The molecule has 1 N–H and O–H groups in total. The molecule has 1 aromatic carbocycles. The molecule has 17 heavy (non-hydrogen) atoms. The fourth-order valence-electron chi connectivity index (χ4n) is 2.59. The minimum Gasteiger partial charge on any atom is -0.494 e. The zero-order chi connectivity index (χ0) is 12.1. The Morgan fingerprint density at radius 3 is 2.94 bits per heavy atom. The predicted octanol–water partition coefficient (Wildman–Crippen LogP) is 2.94. The highest BCUT2D eigenvalue weighted by molar-refractivity contribution is 5.36.